The van der Waals surface area contributed by atoms with Crippen LogP contribution in [0.5, 0.6) is 0 Å². The Balaban J connectivity index is 2.13. The first-order valence-electron chi connectivity index (χ1n) is 6.15. The minimum Gasteiger partial charge on any atom is -0.396 e. The van der Waals surface area contributed by atoms with Crippen molar-refractivity contribution in [2.24, 2.45) is 5.92 Å². The van der Waals surface area contributed by atoms with E-state index < -0.39 is 0 Å². The van der Waals surface area contributed by atoms with Crippen molar-refractivity contribution in [1.29, 1.82) is 0 Å². The summed E-state index contributed by atoms with van der Waals surface area (Å²) in [7, 11) is 0. The van der Waals surface area contributed by atoms with Crippen LogP contribution in [0.25, 0.3) is 16.7 Å². The van der Waals surface area contributed by atoms with Gasteiger partial charge in [-0.2, -0.15) is 0 Å². The number of aliphatic hydroxyl groups excluding tert-OH is 2. The first kappa shape index (κ1) is 12.1. The van der Waals surface area contributed by atoms with Crippen LogP contribution in [0, 0.1) is 5.92 Å². The Hall–Kier alpha value is -1.99. The third-order valence-corrected chi connectivity index (χ3v) is 3.60. The van der Waals surface area contributed by atoms with Crippen molar-refractivity contribution < 1.29 is 10.2 Å². The van der Waals surface area contributed by atoms with Crippen molar-refractivity contribution in [1.82, 2.24) is 19.9 Å². The first-order valence-corrected chi connectivity index (χ1v) is 6.15. The van der Waals surface area contributed by atoms with Crippen LogP contribution in [-0.2, 0) is 0 Å². The number of aromatic nitrogens is 4. The Morgan fingerprint density at radius 1 is 1.37 bits per heavy atom. The zero-order valence-corrected chi connectivity index (χ0v) is 10.3. The summed E-state index contributed by atoms with van der Waals surface area (Å²) >= 11 is 0. The molecule has 1 atom stereocenters. The molecule has 2 heterocycles. The maximum Gasteiger partial charge on any atom is 0.183 e. The highest BCUT2D eigenvalue weighted by Gasteiger charge is 2.27. The number of rotatable bonds is 3. The highest BCUT2D eigenvalue weighted by atomic mass is 16.3. The van der Waals surface area contributed by atoms with E-state index >= 15 is 0 Å². The van der Waals surface area contributed by atoms with E-state index in [0.717, 1.165) is 24.0 Å². The van der Waals surface area contributed by atoms with Gasteiger partial charge < -0.3 is 20.9 Å². The van der Waals surface area contributed by atoms with Crippen molar-refractivity contribution in [3.8, 4) is 0 Å². The number of H-pyrrole nitrogens is 1. The van der Waals surface area contributed by atoms with Gasteiger partial charge in [0.1, 0.15) is 5.52 Å². The van der Waals surface area contributed by atoms with Gasteiger partial charge in [0, 0.05) is 12.5 Å². The highest BCUT2D eigenvalue weighted by Crippen LogP contribution is 2.36. The number of allylic oxidation sites excluding steroid dienone is 1. The number of hydrogen-bond donors (Lipinski definition) is 4. The molecule has 100 valence electrons. The minimum absolute atomic E-state index is 0.0142. The number of aliphatic hydroxyl groups is 2. The Labute approximate surface area is 109 Å². The van der Waals surface area contributed by atoms with Crippen molar-refractivity contribution in [3.63, 3.8) is 0 Å². The van der Waals surface area contributed by atoms with Gasteiger partial charge in [-0.05, 0) is 24.0 Å². The fourth-order valence-corrected chi connectivity index (χ4v) is 2.57. The highest BCUT2D eigenvalue weighted by molar-refractivity contribution is 5.83. The summed E-state index contributed by atoms with van der Waals surface area (Å²) in [5.74, 6) is 0.826. The molecule has 2 aromatic rings. The zero-order chi connectivity index (χ0) is 13.4. The van der Waals surface area contributed by atoms with Gasteiger partial charge in [-0.1, -0.05) is 0 Å². The fourth-order valence-electron chi connectivity index (χ4n) is 2.57. The number of nitrogens with one attached hydrogen (secondary N) is 1. The molecular weight excluding hydrogens is 246 g/mol. The van der Waals surface area contributed by atoms with Crippen LogP contribution in [0.3, 0.4) is 0 Å². The molecule has 0 aromatic carbocycles. The number of fused-ring (bicyclic) bond motifs is 1. The van der Waals surface area contributed by atoms with Crippen molar-refractivity contribution in [2.45, 2.75) is 12.8 Å². The van der Waals surface area contributed by atoms with Crippen molar-refractivity contribution in [2.75, 3.05) is 18.9 Å². The average molecular weight is 261 g/mol. The third kappa shape index (κ3) is 1.87. The lowest BCUT2D eigenvalue weighted by Gasteiger charge is -2.10. The lowest BCUT2D eigenvalue weighted by molar-refractivity contribution is 0.228. The van der Waals surface area contributed by atoms with Gasteiger partial charge >= 0.3 is 0 Å². The largest absolute Gasteiger partial charge is 0.396 e. The first-order chi connectivity index (χ1) is 9.24. The second-order valence-electron chi connectivity index (χ2n) is 4.61. The van der Waals surface area contributed by atoms with E-state index in [1.54, 1.807) is 0 Å². The molecule has 0 saturated heterocycles. The molecule has 0 fully saturated rings. The summed E-state index contributed by atoms with van der Waals surface area (Å²) in [6.45, 7) is -0.0675. The monoisotopic (exact) mass is 261 g/mol. The van der Waals surface area contributed by atoms with Crippen LogP contribution in [0.1, 0.15) is 18.7 Å². The lowest BCUT2D eigenvalue weighted by Crippen LogP contribution is -2.08. The average Bonchev–Trinajstić information content (AvgIpc) is 3.03. The molecule has 0 amide bonds. The zero-order valence-electron chi connectivity index (χ0n) is 10.3. The molecule has 7 heteroatoms. The summed E-state index contributed by atoms with van der Waals surface area (Å²) in [5.41, 5.74) is 8.67. The molecule has 3 rings (SSSR count). The van der Waals surface area contributed by atoms with Crippen LogP contribution in [-0.4, -0.2) is 43.4 Å². The molecule has 0 radical (unpaired) electrons. The summed E-state index contributed by atoms with van der Waals surface area (Å²) in [4.78, 5) is 15.6. The second-order valence-corrected chi connectivity index (χ2v) is 4.61. The topological polar surface area (TPSA) is 121 Å². The predicted molar refractivity (Wildman–Crippen MR) is 69.9 cm³/mol. The SMILES string of the molecule is Nc1nc(C2=C(CO)C(CO)CC2)nc2nc[nH]c12. The van der Waals surface area contributed by atoms with Crippen LogP contribution in [0.2, 0.25) is 0 Å². The van der Waals surface area contributed by atoms with Crippen molar-refractivity contribution >= 4 is 22.6 Å². The smallest absolute Gasteiger partial charge is 0.183 e. The van der Waals surface area contributed by atoms with E-state index in [1.165, 1.54) is 6.33 Å². The molecule has 0 aliphatic heterocycles. The summed E-state index contributed by atoms with van der Waals surface area (Å²) in [5, 5.41) is 18.8. The van der Waals surface area contributed by atoms with E-state index in [2.05, 4.69) is 19.9 Å². The molecule has 1 unspecified atom stereocenters. The van der Waals surface area contributed by atoms with Gasteiger partial charge in [0.25, 0.3) is 0 Å². The molecule has 2 aromatic heterocycles. The minimum atomic E-state index is -0.0948. The molecule has 0 bridgehead atoms. The van der Waals surface area contributed by atoms with Gasteiger partial charge in [0.15, 0.2) is 17.3 Å². The molecule has 1 aliphatic rings. The van der Waals surface area contributed by atoms with E-state index in [4.69, 9.17) is 5.73 Å². The van der Waals surface area contributed by atoms with Gasteiger partial charge in [0.05, 0.1) is 12.9 Å². The number of nitrogens with zero attached hydrogens (tertiary/aromatic N) is 3. The standard InChI is InChI=1S/C12H15N5O2/c13-10-9-12(15-5-14-9)17-11(16-10)7-2-1-6(3-18)8(7)4-19/h5-6,18-19H,1-4H2,(H3,13,14,15,16,17). The van der Waals surface area contributed by atoms with Crippen LogP contribution in [0.15, 0.2) is 11.9 Å². The molecule has 1 aliphatic carbocycles. The Kier molecular flexibility index (Phi) is 2.92. The van der Waals surface area contributed by atoms with Crippen LogP contribution >= 0.6 is 0 Å². The van der Waals surface area contributed by atoms with Gasteiger partial charge in [-0.25, -0.2) is 15.0 Å². The lowest BCUT2D eigenvalue weighted by atomic mass is 10.0. The third-order valence-electron chi connectivity index (χ3n) is 3.60. The van der Waals surface area contributed by atoms with Gasteiger partial charge in [-0.3, -0.25) is 0 Å². The normalized spacial score (nSPS) is 19.6. The molecule has 0 spiro atoms. The van der Waals surface area contributed by atoms with Crippen molar-refractivity contribution in [3.05, 3.63) is 17.7 Å². The van der Waals surface area contributed by atoms with Crippen LogP contribution in [0.4, 0.5) is 5.82 Å². The van der Waals surface area contributed by atoms with E-state index in [0.29, 0.717) is 22.8 Å². The Bertz CT molecular complexity index is 649. The van der Waals surface area contributed by atoms with Crippen LogP contribution < -0.4 is 5.73 Å². The molecule has 5 N–H and O–H groups in total. The molecule has 19 heavy (non-hydrogen) atoms. The molecule has 7 nitrogen and oxygen atoms in total. The summed E-state index contributed by atoms with van der Waals surface area (Å²) in [6, 6.07) is 0. The molecular formula is C12H15N5O2. The predicted octanol–water partition coefficient (Wildman–Crippen LogP) is 0.0833. The molecule has 0 saturated carbocycles. The fraction of sp³-hybridized carbons (Fsp3) is 0.417. The number of imidazole rings is 1. The Morgan fingerprint density at radius 3 is 2.95 bits per heavy atom. The number of aromatic amines is 1. The maximum atomic E-state index is 9.46. The quantitative estimate of drug-likeness (QED) is 0.621. The van der Waals surface area contributed by atoms with E-state index in [-0.39, 0.29) is 19.1 Å². The second kappa shape index (κ2) is 4.60. The summed E-state index contributed by atoms with van der Waals surface area (Å²) in [6.07, 6.45) is 3.05. The van der Waals surface area contributed by atoms with Gasteiger partial charge in [0.2, 0.25) is 0 Å². The van der Waals surface area contributed by atoms with Gasteiger partial charge in [-0.15, -0.1) is 0 Å². The van der Waals surface area contributed by atoms with E-state index in [1.807, 2.05) is 0 Å². The number of anilines is 1. The maximum absolute atomic E-state index is 9.46. The Morgan fingerprint density at radius 2 is 2.21 bits per heavy atom. The number of hydrogen-bond acceptors (Lipinski definition) is 6. The number of nitrogen functional groups attached to an aromatic ring is 1. The number of nitrogens with two attached hydrogens (primary N) is 1. The summed E-state index contributed by atoms with van der Waals surface area (Å²) < 4.78 is 0. The van der Waals surface area contributed by atoms with E-state index in [9.17, 15) is 10.2 Å².